The van der Waals surface area contributed by atoms with Gasteiger partial charge in [-0.15, -0.1) is 0 Å². The summed E-state index contributed by atoms with van der Waals surface area (Å²) >= 11 is 0. The molecule has 5 atom stereocenters. The van der Waals surface area contributed by atoms with Crippen LogP contribution in [0.15, 0.2) is 0 Å². The third-order valence-corrected chi connectivity index (χ3v) is 3.37. The highest BCUT2D eigenvalue weighted by atomic mass is 19.1. The van der Waals surface area contributed by atoms with Crippen molar-refractivity contribution < 1.29 is 29.2 Å². The van der Waals surface area contributed by atoms with E-state index in [2.05, 4.69) is 5.32 Å². The van der Waals surface area contributed by atoms with Gasteiger partial charge in [0.05, 0.1) is 6.61 Å². The molecule has 2 saturated heterocycles. The van der Waals surface area contributed by atoms with E-state index in [0.29, 0.717) is 0 Å². The molecule has 2 aliphatic heterocycles. The number of aliphatic hydroxyl groups is 3. The Morgan fingerprint density at radius 2 is 2.28 bits per heavy atom. The molecule has 104 valence electrons. The average Bonchev–Trinajstić information content (AvgIpc) is 2.52. The molecule has 0 saturated carbocycles. The van der Waals surface area contributed by atoms with Crippen molar-refractivity contribution in [3.8, 4) is 0 Å². The van der Waals surface area contributed by atoms with E-state index in [4.69, 9.17) is 9.84 Å². The van der Waals surface area contributed by atoms with Gasteiger partial charge < -0.3 is 25.4 Å². The number of hydrogen-bond acceptors (Lipinski definition) is 5. The summed E-state index contributed by atoms with van der Waals surface area (Å²) in [6.07, 6.45) is -4.57. The van der Waals surface area contributed by atoms with E-state index >= 15 is 0 Å². The largest absolute Gasteiger partial charge is 0.394 e. The van der Waals surface area contributed by atoms with E-state index in [0.717, 1.165) is 11.8 Å². The number of hydrogen-bond donors (Lipinski definition) is 4. The minimum atomic E-state index is -2.17. The van der Waals surface area contributed by atoms with Gasteiger partial charge in [0.25, 0.3) is 0 Å². The van der Waals surface area contributed by atoms with Crippen LogP contribution in [0, 0.1) is 0 Å². The Kier molecular flexibility index (Phi) is 3.45. The van der Waals surface area contributed by atoms with Gasteiger partial charge in [0.15, 0.2) is 11.9 Å². The van der Waals surface area contributed by atoms with Gasteiger partial charge in [-0.3, -0.25) is 4.90 Å². The van der Waals surface area contributed by atoms with Crippen LogP contribution in [-0.4, -0.2) is 69.7 Å². The molecule has 0 radical (unpaired) electrons. The van der Waals surface area contributed by atoms with Crippen molar-refractivity contribution in [3.63, 3.8) is 0 Å². The number of urea groups is 1. The van der Waals surface area contributed by atoms with Crippen molar-refractivity contribution in [2.45, 2.75) is 43.7 Å². The predicted octanol–water partition coefficient (Wildman–Crippen LogP) is -1.47. The van der Waals surface area contributed by atoms with Crippen LogP contribution in [0.3, 0.4) is 0 Å². The lowest BCUT2D eigenvalue weighted by molar-refractivity contribution is -0.0972. The Bertz CT molecular complexity index is 340. The lowest BCUT2D eigenvalue weighted by Gasteiger charge is -2.38. The van der Waals surface area contributed by atoms with E-state index in [1.165, 1.54) is 0 Å². The number of carbonyl (C=O) groups excluding carboxylic acids is 1. The molecule has 0 aliphatic carbocycles. The third-order valence-electron chi connectivity index (χ3n) is 3.37. The molecule has 0 aromatic heterocycles. The number of rotatable bonds is 2. The van der Waals surface area contributed by atoms with E-state index in [1.807, 2.05) is 0 Å². The third kappa shape index (κ3) is 2.05. The van der Waals surface area contributed by atoms with E-state index < -0.39 is 43.0 Å². The minimum Gasteiger partial charge on any atom is -0.394 e. The first kappa shape index (κ1) is 13.5. The topological polar surface area (TPSA) is 102 Å². The van der Waals surface area contributed by atoms with Gasteiger partial charge in [0.2, 0.25) is 0 Å². The smallest absolute Gasteiger partial charge is 0.321 e. The number of halogens is 1. The van der Waals surface area contributed by atoms with E-state index in [1.54, 1.807) is 0 Å². The number of nitrogens with one attached hydrogen (secondary N) is 1. The summed E-state index contributed by atoms with van der Waals surface area (Å²) in [6.45, 7) is 0.702. The van der Waals surface area contributed by atoms with Gasteiger partial charge in [0.1, 0.15) is 18.4 Å². The van der Waals surface area contributed by atoms with Gasteiger partial charge >= 0.3 is 6.03 Å². The first-order chi connectivity index (χ1) is 8.37. The highest BCUT2D eigenvalue weighted by molar-refractivity contribution is 5.75. The average molecular weight is 264 g/mol. The molecule has 7 nitrogen and oxygen atoms in total. The summed E-state index contributed by atoms with van der Waals surface area (Å²) < 4.78 is 19.6. The normalized spacial score (nSPS) is 45.2. The summed E-state index contributed by atoms with van der Waals surface area (Å²) in [7, 11) is 0. The molecular formula is C10H17FN2O5. The summed E-state index contributed by atoms with van der Waals surface area (Å²) in [6, 6.07) is -0.659. The van der Waals surface area contributed by atoms with Crippen molar-refractivity contribution in [1.29, 1.82) is 0 Å². The highest BCUT2D eigenvalue weighted by Gasteiger charge is 2.57. The number of alkyl halides is 1. The van der Waals surface area contributed by atoms with Gasteiger partial charge in [-0.2, -0.15) is 0 Å². The van der Waals surface area contributed by atoms with Crippen molar-refractivity contribution in [3.05, 3.63) is 0 Å². The van der Waals surface area contributed by atoms with Crippen molar-refractivity contribution >= 4 is 6.03 Å². The van der Waals surface area contributed by atoms with Gasteiger partial charge in [-0.05, 0) is 6.92 Å². The molecule has 4 N–H and O–H groups in total. The fraction of sp³-hybridized carbons (Fsp3) is 0.900. The number of carbonyl (C=O) groups is 1. The molecule has 8 heteroatoms. The molecule has 2 aliphatic rings. The number of ether oxygens (including phenoxy) is 1. The number of aliphatic hydroxyl groups excluding tert-OH is 3. The Balaban J connectivity index is 2.15. The van der Waals surface area contributed by atoms with Crippen molar-refractivity contribution in [2.24, 2.45) is 0 Å². The first-order valence-corrected chi connectivity index (χ1v) is 5.76. The minimum absolute atomic E-state index is 0.113. The van der Waals surface area contributed by atoms with Crippen LogP contribution in [0.1, 0.15) is 13.3 Å². The van der Waals surface area contributed by atoms with Gasteiger partial charge in [0, 0.05) is 13.0 Å². The molecule has 2 rings (SSSR count). The Morgan fingerprint density at radius 3 is 2.78 bits per heavy atom. The Hall–Kier alpha value is -0.960. The van der Waals surface area contributed by atoms with E-state index in [9.17, 15) is 19.4 Å². The summed E-state index contributed by atoms with van der Waals surface area (Å²) in [5.74, 6) is 0. The zero-order valence-electron chi connectivity index (χ0n) is 9.91. The number of nitrogens with zero attached hydrogens (tertiary/aromatic N) is 1. The van der Waals surface area contributed by atoms with Crippen LogP contribution in [0.2, 0.25) is 0 Å². The molecule has 0 bridgehead atoms. The monoisotopic (exact) mass is 264 g/mol. The zero-order chi connectivity index (χ0) is 13.5. The SMILES string of the molecule is C[C@]1(F)[C@H](O)[C@@H](CO)O[C@H]1N1CCC(O)NC1=O. The molecule has 18 heavy (non-hydrogen) atoms. The first-order valence-electron chi connectivity index (χ1n) is 5.76. The van der Waals surface area contributed by atoms with Crippen LogP contribution < -0.4 is 5.32 Å². The second-order valence-electron chi connectivity index (χ2n) is 4.75. The van der Waals surface area contributed by atoms with Crippen LogP contribution in [0.5, 0.6) is 0 Å². The molecule has 0 spiro atoms. The maximum absolute atomic E-state index is 14.4. The highest BCUT2D eigenvalue weighted by Crippen LogP contribution is 2.36. The summed E-state index contributed by atoms with van der Waals surface area (Å²) in [5.41, 5.74) is -2.17. The molecule has 2 fully saturated rings. The second-order valence-corrected chi connectivity index (χ2v) is 4.75. The van der Waals surface area contributed by atoms with Crippen molar-refractivity contribution in [1.82, 2.24) is 10.2 Å². The molecule has 1 unspecified atom stereocenters. The van der Waals surface area contributed by atoms with Crippen molar-refractivity contribution in [2.75, 3.05) is 13.2 Å². The summed E-state index contributed by atoms with van der Waals surface area (Å²) in [5, 5.41) is 30.2. The van der Waals surface area contributed by atoms with Gasteiger partial charge in [-0.25, -0.2) is 9.18 Å². The number of amides is 2. The zero-order valence-corrected chi connectivity index (χ0v) is 9.91. The lowest BCUT2D eigenvalue weighted by atomic mass is 9.97. The molecule has 0 aromatic rings. The van der Waals surface area contributed by atoms with Crippen LogP contribution >= 0.6 is 0 Å². The quantitative estimate of drug-likeness (QED) is 0.487. The second kappa shape index (κ2) is 4.61. The molecule has 0 aromatic carbocycles. The van der Waals surface area contributed by atoms with Crippen LogP contribution in [0.4, 0.5) is 9.18 Å². The Morgan fingerprint density at radius 1 is 1.61 bits per heavy atom. The Labute approximate surface area is 103 Å². The standard InChI is InChI=1S/C10H17FN2O5/c1-10(11)7(16)5(4-14)18-8(10)13-3-2-6(15)12-9(13)17/h5-8,14-16H,2-4H2,1H3,(H,12,17)/t5-,6?,7-,8-,10+/m1/s1. The lowest BCUT2D eigenvalue weighted by Crippen LogP contribution is -2.60. The maximum atomic E-state index is 14.4. The fourth-order valence-electron chi connectivity index (χ4n) is 2.29. The fourth-order valence-corrected chi connectivity index (χ4v) is 2.29. The molecule has 2 amide bonds. The van der Waals surface area contributed by atoms with Crippen LogP contribution in [0.25, 0.3) is 0 Å². The predicted molar refractivity (Wildman–Crippen MR) is 57.1 cm³/mol. The molecular weight excluding hydrogens is 247 g/mol. The van der Waals surface area contributed by atoms with Crippen LogP contribution in [-0.2, 0) is 4.74 Å². The van der Waals surface area contributed by atoms with E-state index in [-0.39, 0.29) is 13.0 Å². The summed E-state index contributed by atoms with van der Waals surface area (Å²) in [4.78, 5) is 12.7. The maximum Gasteiger partial charge on any atom is 0.321 e. The van der Waals surface area contributed by atoms with Gasteiger partial charge in [-0.1, -0.05) is 0 Å². The molecule has 2 heterocycles.